The molecule has 0 N–H and O–H groups in total. The van der Waals surface area contributed by atoms with Gasteiger partial charge in [0.1, 0.15) is 0 Å². The van der Waals surface area contributed by atoms with Crippen LogP contribution in [-0.4, -0.2) is 0 Å². The molecule has 0 aliphatic carbocycles. The van der Waals surface area contributed by atoms with E-state index in [-0.39, 0.29) is 5.41 Å². The maximum Gasteiger partial charge on any atom is 0.0181 e. The van der Waals surface area contributed by atoms with Gasteiger partial charge in [-0.25, -0.2) is 0 Å². The van der Waals surface area contributed by atoms with Crippen molar-refractivity contribution in [2.24, 2.45) is 5.41 Å². The van der Waals surface area contributed by atoms with Crippen LogP contribution in [0.2, 0.25) is 0 Å². The lowest BCUT2D eigenvalue weighted by Gasteiger charge is -2.20. The minimum atomic E-state index is 0.0227. The molecule has 2 aromatic carbocycles. The Hall–Kier alpha value is -1.86. The zero-order valence-electron chi connectivity index (χ0n) is 15.4. The van der Waals surface area contributed by atoms with Gasteiger partial charge in [0, 0.05) is 9.89 Å². The van der Waals surface area contributed by atoms with Crippen molar-refractivity contribution in [1.82, 2.24) is 0 Å². The lowest BCUT2D eigenvalue weighted by atomic mass is 9.84. The average Bonchev–Trinajstić information content (AvgIpc) is 2.60. The van der Waals surface area contributed by atoms with E-state index in [0.29, 0.717) is 0 Å². The fraction of sp³-hybridized carbons (Fsp3) is 0.250. The van der Waals surface area contributed by atoms with Gasteiger partial charge in [-0.05, 0) is 55.5 Å². The van der Waals surface area contributed by atoms with Crippen molar-refractivity contribution in [3.63, 3.8) is 0 Å². The Morgan fingerprint density at radius 2 is 1.80 bits per heavy atom. The first-order chi connectivity index (χ1) is 11.9. The van der Waals surface area contributed by atoms with Crippen LogP contribution in [0.25, 0.3) is 17.2 Å². The molecular weight excluding hydrogens is 368 g/mol. The summed E-state index contributed by atoms with van der Waals surface area (Å²) in [6, 6.07) is 17.1. The van der Waals surface area contributed by atoms with Gasteiger partial charge in [0.2, 0.25) is 0 Å². The molecule has 1 atom stereocenters. The van der Waals surface area contributed by atoms with Gasteiger partial charge in [-0.1, -0.05) is 89.1 Å². The molecule has 0 bridgehead atoms. The molecule has 0 spiro atoms. The standard InChI is InChI=1S/C24H27Br/c1-5-24(4,16-7-8-19(2)3)17-15-20-11-13-21(14-12-20)22-9-6-10-23(25)18-22/h5-6,8-15,17-18H,1,7,16H2,2-4H3/b17-15+/t24-/m1/s1. The molecule has 0 radical (unpaired) electrons. The molecule has 0 aromatic heterocycles. The fourth-order valence-corrected chi connectivity index (χ4v) is 3.07. The zero-order chi connectivity index (χ0) is 18.3. The summed E-state index contributed by atoms with van der Waals surface area (Å²) in [6.07, 6.45) is 11.0. The summed E-state index contributed by atoms with van der Waals surface area (Å²) < 4.78 is 1.10. The third kappa shape index (κ3) is 6.17. The van der Waals surface area contributed by atoms with Crippen molar-refractivity contribution in [3.8, 4) is 11.1 Å². The van der Waals surface area contributed by atoms with Crippen LogP contribution in [-0.2, 0) is 0 Å². The van der Waals surface area contributed by atoms with Crippen LogP contribution in [0.3, 0.4) is 0 Å². The lowest BCUT2D eigenvalue weighted by Crippen LogP contribution is -2.08. The van der Waals surface area contributed by atoms with Gasteiger partial charge >= 0.3 is 0 Å². The summed E-state index contributed by atoms with van der Waals surface area (Å²) in [5.74, 6) is 0. The van der Waals surface area contributed by atoms with Gasteiger partial charge in [0.25, 0.3) is 0 Å². The van der Waals surface area contributed by atoms with Crippen molar-refractivity contribution in [3.05, 3.63) is 88.9 Å². The quantitative estimate of drug-likeness (QED) is 0.416. The third-order valence-corrected chi connectivity index (χ3v) is 4.92. The molecule has 0 unspecified atom stereocenters. The molecule has 130 valence electrons. The zero-order valence-corrected chi connectivity index (χ0v) is 17.0. The Labute approximate surface area is 161 Å². The number of hydrogen-bond donors (Lipinski definition) is 0. The van der Waals surface area contributed by atoms with Crippen LogP contribution in [0.4, 0.5) is 0 Å². The summed E-state index contributed by atoms with van der Waals surface area (Å²) in [5, 5.41) is 0. The van der Waals surface area contributed by atoms with Crippen molar-refractivity contribution in [2.45, 2.75) is 33.6 Å². The van der Waals surface area contributed by atoms with Crippen LogP contribution in [0.5, 0.6) is 0 Å². The maximum atomic E-state index is 4.03. The van der Waals surface area contributed by atoms with Gasteiger partial charge < -0.3 is 0 Å². The molecule has 0 nitrogen and oxygen atoms in total. The summed E-state index contributed by atoms with van der Waals surface area (Å²) in [5.41, 5.74) is 5.07. The molecule has 2 aromatic rings. The van der Waals surface area contributed by atoms with Gasteiger partial charge in [-0.15, -0.1) is 6.58 Å². The average molecular weight is 395 g/mol. The highest BCUT2D eigenvalue weighted by Crippen LogP contribution is 2.29. The van der Waals surface area contributed by atoms with Crippen LogP contribution >= 0.6 is 15.9 Å². The number of benzene rings is 2. The number of rotatable bonds is 7. The second-order valence-corrected chi connectivity index (χ2v) is 7.91. The first kappa shape index (κ1) is 19.5. The van der Waals surface area contributed by atoms with E-state index in [4.69, 9.17) is 0 Å². The molecule has 0 heterocycles. The summed E-state index contributed by atoms with van der Waals surface area (Å²) in [4.78, 5) is 0. The van der Waals surface area contributed by atoms with Crippen molar-refractivity contribution in [2.75, 3.05) is 0 Å². The van der Waals surface area contributed by atoms with Gasteiger partial charge in [0.05, 0.1) is 0 Å². The van der Waals surface area contributed by atoms with E-state index in [0.717, 1.165) is 17.3 Å². The molecule has 0 aliphatic rings. The van der Waals surface area contributed by atoms with Crippen LogP contribution in [0.15, 0.2) is 83.4 Å². The molecular formula is C24H27Br. The molecule has 0 saturated heterocycles. The van der Waals surface area contributed by atoms with Gasteiger partial charge in [-0.2, -0.15) is 0 Å². The smallest absolute Gasteiger partial charge is 0.0181 e. The van der Waals surface area contributed by atoms with E-state index in [1.165, 1.54) is 22.3 Å². The molecule has 0 amide bonds. The van der Waals surface area contributed by atoms with Gasteiger partial charge in [-0.3, -0.25) is 0 Å². The fourth-order valence-electron chi connectivity index (χ4n) is 2.67. The Morgan fingerprint density at radius 1 is 1.08 bits per heavy atom. The Balaban J connectivity index is 2.10. The molecule has 0 fully saturated rings. The van der Waals surface area contributed by atoms with E-state index in [2.05, 4.69) is 110 Å². The summed E-state index contributed by atoms with van der Waals surface area (Å²) in [6.45, 7) is 10.6. The lowest BCUT2D eigenvalue weighted by molar-refractivity contribution is 0.508. The van der Waals surface area contributed by atoms with Crippen LogP contribution < -0.4 is 0 Å². The largest absolute Gasteiger partial charge is 0.102 e. The minimum absolute atomic E-state index is 0.0227. The first-order valence-corrected chi connectivity index (χ1v) is 9.53. The second kappa shape index (κ2) is 9.01. The Kier molecular flexibility index (Phi) is 7.01. The normalized spacial score (nSPS) is 13.4. The van der Waals surface area contributed by atoms with Crippen molar-refractivity contribution >= 4 is 22.0 Å². The number of allylic oxidation sites excluding steroid dienone is 4. The van der Waals surface area contributed by atoms with E-state index in [9.17, 15) is 0 Å². The highest BCUT2D eigenvalue weighted by molar-refractivity contribution is 9.10. The molecule has 1 heteroatoms. The predicted octanol–water partition coefficient (Wildman–Crippen LogP) is 8.07. The number of halogens is 1. The molecule has 25 heavy (non-hydrogen) atoms. The predicted molar refractivity (Wildman–Crippen MR) is 116 cm³/mol. The number of hydrogen-bond acceptors (Lipinski definition) is 0. The molecule has 0 aliphatic heterocycles. The maximum absolute atomic E-state index is 4.03. The minimum Gasteiger partial charge on any atom is -0.102 e. The summed E-state index contributed by atoms with van der Waals surface area (Å²) >= 11 is 3.53. The summed E-state index contributed by atoms with van der Waals surface area (Å²) in [7, 11) is 0. The highest BCUT2D eigenvalue weighted by Gasteiger charge is 2.14. The van der Waals surface area contributed by atoms with Crippen LogP contribution in [0.1, 0.15) is 39.2 Å². The van der Waals surface area contributed by atoms with Crippen molar-refractivity contribution < 1.29 is 0 Å². The second-order valence-electron chi connectivity index (χ2n) is 7.00. The van der Waals surface area contributed by atoms with E-state index in [1.54, 1.807) is 0 Å². The van der Waals surface area contributed by atoms with E-state index < -0.39 is 0 Å². The monoisotopic (exact) mass is 394 g/mol. The Morgan fingerprint density at radius 3 is 2.40 bits per heavy atom. The SMILES string of the molecule is C=C[C@@](C)(/C=C/c1ccc(-c2cccc(Br)c2)cc1)CCC=C(C)C. The van der Waals surface area contributed by atoms with E-state index in [1.807, 2.05) is 6.07 Å². The van der Waals surface area contributed by atoms with E-state index >= 15 is 0 Å². The third-order valence-electron chi connectivity index (χ3n) is 4.43. The van der Waals surface area contributed by atoms with Gasteiger partial charge in [0.15, 0.2) is 0 Å². The highest BCUT2D eigenvalue weighted by atomic mass is 79.9. The first-order valence-electron chi connectivity index (χ1n) is 8.74. The Bertz CT molecular complexity index is 761. The van der Waals surface area contributed by atoms with Crippen LogP contribution in [0, 0.1) is 5.41 Å². The van der Waals surface area contributed by atoms with Crippen molar-refractivity contribution in [1.29, 1.82) is 0 Å². The topological polar surface area (TPSA) is 0 Å². The molecule has 0 saturated carbocycles. The molecule has 2 rings (SSSR count).